The largest absolute Gasteiger partial charge is 0.440 e. The molecule has 3 aromatic rings. The molecule has 1 atom stereocenters. The molecule has 23 heavy (non-hydrogen) atoms. The van der Waals surface area contributed by atoms with Crippen LogP contribution in [-0.4, -0.2) is 33.2 Å². The molecule has 1 fully saturated rings. The number of aromatic nitrogens is 3. The van der Waals surface area contributed by atoms with Gasteiger partial charge in [-0.05, 0) is 43.8 Å². The van der Waals surface area contributed by atoms with Gasteiger partial charge in [0, 0.05) is 30.9 Å². The monoisotopic (exact) mass is 328 g/mol. The SMILES string of the molecule is Cc1oc(-c2cccs2)nc1CN1CCC[C@@H](c2ccn[nH]2)C1. The third kappa shape index (κ3) is 3.09. The summed E-state index contributed by atoms with van der Waals surface area (Å²) in [4.78, 5) is 8.28. The van der Waals surface area contributed by atoms with Gasteiger partial charge in [0.05, 0.1) is 10.6 Å². The molecule has 0 bridgehead atoms. The summed E-state index contributed by atoms with van der Waals surface area (Å²) >= 11 is 1.66. The van der Waals surface area contributed by atoms with Crippen molar-refractivity contribution in [2.24, 2.45) is 0 Å². The molecule has 120 valence electrons. The molecule has 0 aliphatic carbocycles. The summed E-state index contributed by atoms with van der Waals surface area (Å²) in [5.74, 6) is 2.21. The summed E-state index contributed by atoms with van der Waals surface area (Å²) in [6.45, 7) is 5.02. The molecule has 0 saturated carbocycles. The highest BCUT2D eigenvalue weighted by Gasteiger charge is 2.24. The van der Waals surface area contributed by atoms with Crippen molar-refractivity contribution in [3.05, 3.63) is 46.9 Å². The van der Waals surface area contributed by atoms with E-state index in [0.717, 1.165) is 41.9 Å². The first kappa shape index (κ1) is 14.7. The van der Waals surface area contributed by atoms with E-state index in [0.29, 0.717) is 5.92 Å². The highest BCUT2D eigenvalue weighted by Crippen LogP contribution is 2.29. The molecule has 1 aliphatic heterocycles. The van der Waals surface area contributed by atoms with Crippen molar-refractivity contribution in [3.63, 3.8) is 0 Å². The van der Waals surface area contributed by atoms with Crippen LogP contribution in [0, 0.1) is 6.92 Å². The smallest absolute Gasteiger partial charge is 0.236 e. The molecule has 4 heterocycles. The lowest BCUT2D eigenvalue weighted by Crippen LogP contribution is -2.34. The minimum atomic E-state index is 0.537. The van der Waals surface area contributed by atoms with E-state index in [1.807, 2.05) is 24.6 Å². The Morgan fingerprint density at radius 3 is 3.17 bits per heavy atom. The highest BCUT2D eigenvalue weighted by atomic mass is 32.1. The first-order chi connectivity index (χ1) is 11.3. The van der Waals surface area contributed by atoms with Gasteiger partial charge < -0.3 is 4.42 Å². The quantitative estimate of drug-likeness (QED) is 0.791. The zero-order valence-electron chi connectivity index (χ0n) is 13.2. The molecule has 1 aliphatic rings. The fraction of sp³-hybridized carbons (Fsp3) is 0.412. The summed E-state index contributed by atoms with van der Waals surface area (Å²) in [5.41, 5.74) is 2.30. The fourth-order valence-corrected chi connectivity index (χ4v) is 3.89. The molecule has 4 rings (SSSR count). The lowest BCUT2D eigenvalue weighted by atomic mass is 9.95. The maximum Gasteiger partial charge on any atom is 0.236 e. The summed E-state index contributed by atoms with van der Waals surface area (Å²) in [6.07, 6.45) is 4.26. The molecular formula is C17H20N4OS. The molecule has 0 spiro atoms. The fourth-order valence-electron chi connectivity index (χ4n) is 3.24. The second-order valence-electron chi connectivity index (χ2n) is 6.09. The molecular weight excluding hydrogens is 308 g/mol. The molecule has 0 amide bonds. The van der Waals surface area contributed by atoms with E-state index >= 15 is 0 Å². The summed E-state index contributed by atoms with van der Waals surface area (Å²) in [5, 5.41) is 9.25. The van der Waals surface area contributed by atoms with Crippen LogP contribution in [0.5, 0.6) is 0 Å². The number of aryl methyl sites for hydroxylation is 1. The van der Waals surface area contributed by atoms with Gasteiger partial charge in [-0.3, -0.25) is 10.00 Å². The molecule has 0 unspecified atom stereocenters. The molecule has 0 radical (unpaired) electrons. The zero-order valence-corrected chi connectivity index (χ0v) is 14.0. The van der Waals surface area contributed by atoms with E-state index in [1.54, 1.807) is 11.3 Å². The Morgan fingerprint density at radius 1 is 1.43 bits per heavy atom. The van der Waals surface area contributed by atoms with Crippen molar-refractivity contribution in [3.8, 4) is 10.8 Å². The van der Waals surface area contributed by atoms with Gasteiger partial charge in [0.15, 0.2) is 0 Å². The second-order valence-corrected chi connectivity index (χ2v) is 7.03. The first-order valence-corrected chi connectivity index (χ1v) is 8.89. The number of hydrogen-bond donors (Lipinski definition) is 1. The number of rotatable bonds is 4. The maximum atomic E-state index is 5.86. The normalized spacial score (nSPS) is 19.3. The van der Waals surface area contributed by atoms with Crippen LogP contribution in [0.15, 0.2) is 34.2 Å². The number of nitrogens with one attached hydrogen (secondary N) is 1. The Balaban J connectivity index is 1.47. The van der Waals surface area contributed by atoms with Crippen LogP contribution in [-0.2, 0) is 6.54 Å². The Labute approximate surface area is 139 Å². The summed E-state index contributed by atoms with van der Waals surface area (Å²) < 4.78 is 5.86. The Kier molecular flexibility index (Phi) is 4.01. The van der Waals surface area contributed by atoms with Gasteiger partial charge in [0.25, 0.3) is 0 Å². The predicted molar refractivity (Wildman–Crippen MR) is 90.4 cm³/mol. The van der Waals surface area contributed by atoms with Crippen LogP contribution >= 0.6 is 11.3 Å². The predicted octanol–water partition coefficient (Wildman–Crippen LogP) is 3.81. The number of nitrogens with zero attached hydrogens (tertiary/aromatic N) is 3. The topological polar surface area (TPSA) is 58.0 Å². The lowest BCUT2D eigenvalue weighted by Gasteiger charge is -2.31. The highest BCUT2D eigenvalue weighted by molar-refractivity contribution is 7.13. The van der Waals surface area contributed by atoms with E-state index < -0.39 is 0 Å². The number of oxazole rings is 1. The lowest BCUT2D eigenvalue weighted by molar-refractivity contribution is 0.196. The third-order valence-electron chi connectivity index (χ3n) is 4.47. The molecule has 1 N–H and O–H groups in total. The van der Waals surface area contributed by atoms with Crippen LogP contribution in [0.1, 0.15) is 35.9 Å². The number of hydrogen-bond acceptors (Lipinski definition) is 5. The van der Waals surface area contributed by atoms with Gasteiger partial charge in [-0.15, -0.1) is 11.3 Å². The summed E-state index contributed by atoms with van der Waals surface area (Å²) in [6, 6.07) is 6.16. The van der Waals surface area contributed by atoms with Crippen LogP contribution in [0.25, 0.3) is 10.8 Å². The third-order valence-corrected chi connectivity index (χ3v) is 5.32. The van der Waals surface area contributed by atoms with Gasteiger partial charge >= 0.3 is 0 Å². The van der Waals surface area contributed by atoms with Crippen LogP contribution < -0.4 is 0 Å². The van der Waals surface area contributed by atoms with Gasteiger partial charge in [0.1, 0.15) is 5.76 Å². The van der Waals surface area contributed by atoms with Crippen LogP contribution in [0.2, 0.25) is 0 Å². The van der Waals surface area contributed by atoms with Crippen molar-refractivity contribution < 1.29 is 4.42 Å². The minimum absolute atomic E-state index is 0.537. The van der Waals surface area contributed by atoms with E-state index in [2.05, 4.69) is 27.2 Å². The molecule has 3 aromatic heterocycles. The van der Waals surface area contributed by atoms with E-state index in [-0.39, 0.29) is 0 Å². The van der Waals surface area contributed by atoms with E-state index in [4.69, 9.17) is 9.40 Å². The maximum absolute atomic E-state index is 5.86. The van der Waals surface area contributed by atoms with Crippen molar-refractivity contribution >= 4 is 11.3 Å². The van der Waals surface area contributed by atoms with Crippen LogP contribution in [0.4, 0.5) is 0 Å². The molecule has 1 saturated heterocycles. The van der Waals surface area contributed by atoms with Gasteiger partial charge in [-0.25, -0.2) is 4.98 Å². The number of likely N-dealkylation sites (tertiary alicyclic amines) is 1. The van der Waals surface area contributed by atoms with Crippen molar-refractivity contribution in [1.82, 2.24) is 20.1 Å². The van der Waals surface area contributed by atoms with Crippen molar-refractivity contribution in [1.29, 1.82) is 0 Å². The second kappa shape index (κ2) is 6.29. The Bertz CT molecular complexity index is 748. The first-order valence-electron chi connectivity index (χ1n) is 8.01. The molecule has 0 aromatic carbocycles. The van der Waals surface area contributed by atoms with Gasteiger partial charge in [0.2, 0.25) is 5.89 Å². The number of thiophene rings is 1. The van der Waals surface area contributed by atoms with Gasteiger partial charge in [-0.2, -0.15) is 5.10 Å². The van der Waals surface area contributed by atoms with E-state index in [1.165, 1.54) is 18.5 Å². The Hall–Kier alpha value is -1.92. The summed E-state index contributed by atoms with van der Waals surface area (Å²) in [7, 11) is 0. The number of piperidine rings is 1. The van der Waals surface area contributed by atoms with Crippen LogP contribution in [0.3, 0.4) is 0 Å². The van der Waals surface area contributed by atoms with Crippen molar-refractivity contribution in [2.75, 3.05) is 13.1 Å². The number of H-pyrrole nitrogens is 1. The molecule has 5 nitrogen and oxygen atoms in total. The average Bonchev–Trinajstić information content (AvgIpc) is 3.30. The van der Waals surface area contributed by atoms with Crippen molar-refractivity contribution in [2.45, 2.75) is 32.2 Å². The van der Waals surface area contributed by atoms with Gasteiger partial charge in [-0.1, -0.05) is 6.07 Å². The van der Waals surface area contributed by atoms with E-state index in [9.17, 15) is 0 Å². The minimum Gasteiger partial charge on any atom is -0.440 e. The average molecular weight is 328 g/mol. The standard InChI is InChI=1S/C17H20N4OS/c1-12-15(19-17(22-12)16-5-3-9-23-16)11-21-8-2-4-13(10-21)14-6-7-18-20-14/h3,5-7,9,13H,2,4,8,10-11H2,1H3,(H,18,20)/t13-/m1/s1. The zero-order chi connectivity index (χ0) is 15.6. The number of aromatic amines is 1. The Morgan fingerprint density at radius 2 is 2.39 bits per heavy atom. The molecule has 6 heteroatoms.